The van der Waals surface area contributed by atoms with Crippen molar-refractivity contribution in [2.75, 3.05) is 17.0 Å². The third-order valence-corrected chi connectivity index (χ3v) is 6.00. The number of rotatable bonds is 4. The molecule has 160 valence electrons. The van der Waals surface area contributed by atoms with Crippen LogP contribution in [0.1, 0.15) is 5.56 Å². The molecule has 0 bridgehead atoms. The van der Waals surface area contributed by atoms with Crippen molar-refractivity contribution >= 4 is 52.1 Å². The van der Waals surface area contributed by atoms with E-state index in [1.807, 2.05) is 42.5 Å². The third-order valence-electron chi connectivity index (χ3n) is 5.56. The van der Waals surface area contributed by atoms with E-state index in [1.165, 1.54) is 0 Å². The molecule has 5 rings (SSSR count). The predicted octanol–water partition coefficient (Wildman–Crippen LogP) is 4.78. The van der Waals surface area contributed by atoms with E-state index in [-0.39, 0.29) is 11.8 Å². The number of carbonyl (C=O) groups excluding carboxylic acids is 2. The maximum Gasteiger partial charge on any atom is 0.259 e. The number of para-hydroxylation sites is 1. The summed E-state index contributed by atoms with van der Waals surface area (Å²) in [7, 11) is 1.59. The first-order valence-electron chi connectivity index (χ1n) is 9.89. The number of anilines is 2. The smallest absolute Gasteiger partial charge is 0.259 e. The molecule has 6 nitrogen and oxygen atoms in total. The number of nitrogens with zero attached hydrogens (tertiary/aromatic N) is 3. The first kappa shape index (κ1) is 20.5. The zero-order valence-electron chi connectivity index (χ0n) is 16.9. The molecule has 8 heteroatoms. The summed E-state index contributed by atoms with van der Waals surface area (Å²) in [5.41, 5.74) is 2.33. The zero-order valence-corrected chi connectivity index (χ0v) is 18.4. The molecule has 1 fully saturated rings. The highest BCUT2D eigenvalue weighted by molar-refractivity contribution is 6.37. The Morgan fingerprint density at radius 2 is 1.50 bits per heavy atom. The number of imide groups is 1. The number of hydrogen-bond acceptors (Lipinski definition) is 5. The average molecular weight is 466 g/mol. The topological polar surface area (TPSA) is 62.2 Å². The molecule has 2 aliphatic rings. The number of fused-ring (bicyclic) bond motifs is 1. The highest BCUT2D eigenvalue weighted by atomic mass is 35.5. The fourth-order valence-corrected chi connectivity index (χ4v) is 4.65. The van der Waals surface area contributed by atoms with Crippen molar-refractivity contribution in [2.45, 2.75) is 6.04 Å². The van der Waals surface area contributed by atoms with Gasteiger partial charge in [-0.05, 0) is 60.2 Å². The standard InChI is InChI=1S/C24H17Cl2N3O3/c1-32-19-9-7-14(8-10-19)21-20-22(29(27-21)17-5-3-2-4-6-17)24(31)28(23(20)30)18-12-15(25)11-16(26)13-18/h2-13,20,22H,1H3/t20-,22+/m0/s1. The molecular weight excluding hydrogens is 449 g/mol. The number of carbonyl (C=O) groups is 2. The van der Waals surface area contributed by atoms with Gasteiger partial charge in [0.1, 0.15) is 17.7 Å². The molecule has 2 atom stereocenters. The summed E-state index contributed by atoms with van der Waals surface area (Å²) in [6, 6.07) is 20.4. The molecule has 0 unspecified atom stereocenters. The van der Waals surface area contributed by atoms with Crippen LogP contribution in [-0.2, 0) is 9.59 Å². The highest BCUT2D eigenvalue weighted by Gasteiger charge is 2.57. The van der Waals surface area contributed by atoms with Gasteiger partial charge in [0.05, 0.1) is 24.2 Å². The van der Waals surface area contributed by atoms with E-state index in [1.54, 1.807) is 42.5 Å². The normalized spacial score (nSPS) is 19.9. The van der Waals surface area contributed by atoms with Crippen LogP contribution in [0.3, 0.4) is 0 Å². The zero-order chi connectivity index (χ0) is 22.4. The summed E-state index contributed by atoms with van der Waals surface area (Å²) in [4.78, 5) is 28.3. The molecular formula is C24H17Cl2N3O3. The molecule has 0 aromatic heterocycles. The first-order chi connectivity index (χ1) is 15.5. The lowest BCUT2D eigenvalue weighted by atomic mass is 9.93. The van der Waals surface area contributed by atoms with Crippen molar-refractivity contribution < 1.29 is 14.3 Å². The Hall–Kier alpha value is -3.35. The van der Waals surface area contributed by atoms with Crippen molar-refractivity contribution in [1.29, 1.82) is 0 Å². The molecule has 3 aromatic carbocycles. The van der Waals surface area contributed by atoms with Crippen molar-refractivity contribution in [3.8, 4) is 5.75 Å². The van der Waals surface area contributed by atoms with E-state index in [9.17, 15) is 9.59 Å². The van der Waals surface area contributed by atoms with Crippen LogP contribution in [-0.4, -0.2) is 30.7 Å². The molecule has 32 heavy (non-hydrogen) atoms. The van der Waals surface area contributed by atoms with Crippen molar-refractivity contribution in [3.05, 3.63) is 88.4 Å². The van der Waals surface area contributed by atoms with Gasteiger partial charge in [-0.2, -0.15) is 5.10 Å². The maximum absolute atomic E-state index is 13.6. The summed E-state index contributed by atoms with van der Waals surface area (Å²) in [6.45, 7) is 0. The maximum atomic E-state index is 13.6. The molecule has 2 heterocycles. The second-order valence-electron chi connectivity index (χ2n) is 7.46. The highest BCUT2D eigenvalue weighted by Crippen LogP contribution is 2.40. The molecule has 0 saturated carbocycles. The second-order valence-corrected chi connectivity index (χ2v) is 8.33. The molecule has 1 saturated heterocycles. The summed E-state index contributed by atoms with van der Waals surface area (Å²) in [5, 5.41) is 7.03. The Bertz CT molecular complexity index is 1220. The molecule has 2 aliphatic heterocycles. The lowest BCUT2D eigenvalue weighted by Gasteiger charge is -2.22. The Labute approximate surface area is 194 Å². The van der Waals surface area contributed by atoms with Gasteiger partial charge < -0.3 is 4.74 Å². The predicted molar refractivity (Wildman–Crippen MR) is 125 cm³/mol. The number of methoxy groups -OCH3 is 1. The van der Waals surface area contributed by atoms with Crippen LogP contribution < -0.4 is 14.6 Å². The van der Waals surface area contributed by atoms with Gasteiger partial charge in [0.15, 0.2) is 0 Å². The SMILES string of the molecule is COc1ccc(C2=NN(c3ccccc3)[C@H]3C(=O)N(c4cc(Cl)cc(Cl)c4)C(=O)[C@@H]23)cc1. The summed E-state index contributed by atoms with van der Waals surface area (Å²) in [5.74, 6) is -0.831. The van der Waals surface area contributed by atoms with E-state index in [0.29, 0.717) is 27.2 Å². The van der Waals surface area contributed by atoms with Gasteiger partial charge in [-0.3, -0.25) is 14.6 Å². The van der Waals surface area contributed by atoms with Crippen LogP contribution >= 0.6 is 23.2 Å². The number of hydrazone groups is 1. The molecule has 0 radical (unpaired) electrons. The molecule has 0 spiro atoms. The van der Waals surface area contributed by atoms with Gasteiger partial charge in [-0.25, -0.2) is 4.90 Å². The number of halogens is 2. The van der Waals surface area contributed by atoms with Crippen LogP contribution in [0.4, 0.5) is 11.4 Å². The van der Waals surface area contributed by atoms with Crippen LogP contribution in [0.25, 0.3) is 0 Å². The van der Waals surface area contributed by atoms with E-state index in [2.05, 4.69) is 0 Å². The van der Waals surface area contributed by atoms with Gasteiger partial charge in [0, 0.05) is 10.0 Å². The fraction of sp³-hybridized carbons (Fsp3) is 0.125. The van der Waals surface area contributed by atoms with Gasteiger partial charge in [-0.15, -0.1) is 0 Å². The van der Waals surface area contributed by atoms with Gasteiger partial charge >= 0.3 is 0 Å². The monoisotopic (exact) mass is 465 g/mol. The lowest BCUT2D eigenvalue weighted by molar-refractivity contribution is -0.121. The van der Waals surface area contributed by atoms with Crippen molar-refractivity contribution in [3.63, 3.8) is 0 Å². The minimum Gasteiger partial charge on any atom is -0.497 e. The summed E-state index contributed by atoms with van der Waals surface area (Å²) < 4.78 is 5.24. The van der Waals surface area contributed by atoms with Crippen molar-refractivity contribution in [1.82, 2.24) is 0 Å². The molecule has 3 aromatic rings. The fourth-order valence-electron chi connectivity index (χ4n) is 4.13. The summed E-state index contributed by atoms with van der Waals surface area (Å²) in [6.07, 6.45) is 0. The largest absolute Gasteiger partial charge is 0.497 e. The van der Waals surface area contributed by atoms with Gasteiger partial charge in [0.2, 0.25) is 5.91 Å². The number of ether oxygens (including phenoxy) is 1. The van der Waals surface area contributed by atoms with Crippen molar-refractivity contribution in [2.24, 2.45) is 11.0 Å². The van der Waals surface area contributed by atoms with Gasteiger partial charge in [0.25, 0.3) is 5.91 Å². The Kier molecular flexibility index (Phi) is 5.12. The van der Waals surface area contributed by atoms with Gasteiger partial charge in [-0.1, -0.05) is 41.4 Å². The number of benzene rings is 3. The second kappa shape index (κ2) is 7.97. The number of hydrogen-bond donors (Lipinski definition) is 0. The van der Waals surface area contributed by atoms with E-state index in [0.717, 1.165) is 16.2 Å². The van der Waals surface area contributed by atoms with Crippen LogP contribution in [0.2, 0.25) is 10.0 Å². The minimum absolute atomic E-state index is 0.342. The van der Waals surface area contributed by atoms with E-state index in [4.69, 9.17) is 33.0 Å². The lowest BCUT2D eigenvalue weighted by Crippen LogP contribution is -2.39. The average Bonchev–Trinajstić information content (AvgIpc) is 3.30. The summed E-state index contributed by atoms with van der Waals surface area (Å²) >= 11 is 12.3. The third kappa shape index (κ3) is 3.32. The molecule has 0 aliphatic carbocycles. The number of amides is 2. The Morgan fingerprint density at radius 1 is 0.844 bits per heavy atom. The quantitative estimate of drug-likeness (QED) is 0.519. The molecule has 2 amide bonds. The Balaban J connectivity index is 1.63. The van der Waals surface area contributed by atoms with Crippen LogP contribution in [0.15, 0.2) is 77.9 Å². The molecule has 0 N–H and O–H groups in total. The Morgan fingerprint density at radius 3 is 2.12 bits per heavy atom. The van der Waals surface area contributed by atoms with Crippen LogP contribution in [0, 0.1) is 5.92 Å². The minimum atomic E-state index is -0.806. The van der Waals surface area contributed by atoms with E-state index >= 15 is 0 Å². The first-order valence-corrected chi connectivity index (χ1v) is 10.6. The van der Waals surface area contributed by atoms with E-state index < -0.39 is 12.0 Å². The van der Waals surface area contributed by atoms with Crippen LogP contribution in [0.5, 0.6) is 5.75 Å².